The van der Waals surface area contributed by atoms with Crippen LogP contribution in [0.2, 0.25) is 0 Å². The number of primary amides is 1. The predicted molar refractivity (Wildman–Crippen MR) is 102 cm³/mol. The number of carbonyl (C=O) groups is 2. The minimum Gasteiger partial charge on any atom is -0.368 e. The second-order valence-electron chi connectivity index (χ2n) is 6.22. The summed E-state index contributed by atoms with van der Waals surface area (Å²) in [5.41, 5.74) is 13.4. The first kappa shape index (κ1) is 17.6. The number of nitrogens with two attached hydrogens (primary N) is 2. The van der Waals surface area contributed by atoms with Crippen molar-refractivity contribution in [3.63, 3.8) is 0 Å². The largest absolute Gasteiger partial charge is 0.368 e. The number of nitrogens with one attached hydrogen (secondary N) is 1. The smallest absolute Gasteiger partial charge is 0.251 e. The van der Waals surface area contributed by atoms with Crippen molar-refractivity contribution < 1.29 is 9.59 Å². The summed E-state index contributed by atoms with van der Waals surface area (Å²) in [6, 6.07) is 20.1. The van der Waals surface area contributed by atoms with E-state index in [2.05, 4.69) is 5.32 Å². The van der Waals surface area contributed by atoms with Crippen LogP contribution >= 0.6 is 0 Å². The van der Waals surface area contributed by atoms with E-state index in [4.69, 9.17) is 11.5 Å². The molecule has 0 saturated carbocycles. The van der Waals surface area contributed by atoms with E-state index in [0.29, 0.717) is 18.5 Å². The second-order valence-corrected chi connectivity index (χ2v) is 6.22. The topological polar surface area (TPSA) is 98.2 Å². The molecule has 132 valence electrons. The summed E-state index contributed by atoms with van der Waals surface area (Å²) in [4.78, 5) is 24.3. The number of fused-ring (bicyclic) bond motifs is 1. The maximum atomic E-state index is 12.5. The summed E-state index contributed by atoms with van der Waals surface area (Å²) in [6.07, 6.45) is 0.336. The van der Waals surface area contributed by atoms with Crippen molar-refractivity contribution >= 4 is 22.6 Å². The zero-order chi connectivity index (χ0) is 18.5. The third kappa shape index (κ3) is 4.07. The highest BCUT2D eigenvalue weighted by atomic mass is 16.2. The van der Waals surface area contributed by atoms with Gasteiger partial charge in [0, 0.05) is 18.5 Å². The fourth-order valence-corrected chi connectivity index (χ4v) is 2.91. The van der Waals surface area contributed by atoms with Crippen LogP contribution in [0, 0.1) is 0 Å². The highest BCUT2D eigenvalue weighted by Crippen LogP contribution is 2.17. The van der Waals surface area contributed by atoms with Gasteiger partial charge in [-0.25, -0.2) is 0 Å². The first-order valence-corrected chi connectivity index (χ1v) is 8.43. The molecule has 0 aliphatic carbocycles. The van der Waals surface area contributed by atoms with E-state index in [9.17, 15) is 9.59 Å². The van der Waals surface area contributed by atoms with Gasteiger partial charge in [-0.3, -0.25) is 9.59 Å². The molecule has 0 bridgehead atoms. The SMILES string of the molecule is NCc1cccc(C(=O)N[C@@H](Cc2ccc3ccccc3c2)C(N)=O)c1. The number of carbonyl (C=O) groups excluding carboxylic acids is 2. The van der Waals surface area contributed by atoms with E-state index in [1.807, 2.05) is 48.5 Å². The van der Waals surface area contributed by atoms with Crippen molar-refractivity contribution in [3.8, 4) is 0 Å². The molecule has 3 aromatic rings. The molecule has 2 amide bonds. The summed E-state index contributed by atoms with van der Waals surface area (Å²) in [6.45, 7) is 0.345. The van der Waals surface area contributed by atoms with E-state index < -0.39 is 11.9 Å². The molecule has 0 fully saturated rings. The van der Waals surface area contributed by atoms with E-state index in [1.54, 1.807) is 18.2 Å². The summed E-state index contributed by atoms with van der Waals surface area (Å²) < 4.78 is 0. The third-order valence-electron chi connectivity index (χ3n) is 4.33. The molecule has 0 aliphatic rings. The molecule has 0 aliphatic heterocycles. The Bertz CT molecular complexity index is 953. The Kier molecular flexibility index (Phi) is 5.29. The zero-order valence-corrected chi connectivity index (χ0v) is 14.3. The van der Waals surface area contributed by atoms with Crippen LogP contribution in [0.25, 0.3) is 10.8 Å². The van der Waals surface area contributed by atoms with E-state index >= 15 is 0 Å². The van der Waals surface area contributed by atoms with Gasteiger partial charge in [-0.2, -0.15) is 0 Å². The van der Waals surface area contributed by atoms with E-state index in [1.165, 1.54) is 0 Å². The normalized spacial score (nSPS) is 11.9. The van der Waals surface area contributed by atoms with Gasteiger partial charge in [-0.05, 0) is 34.0 Å². The van der Waals surface area contributed by atoms with Crippen molar-refractivity contribution in [1.29, 1.82) is 0 Å². The molecule has 0 heterocycles. The molecular formula is C21H21N3O2. The Balaban J connectivity index is 1.77. The van der Waals surface area contributed by atoms with Crippen LogP contribution in [-0.2, 0) is 17.8 Å². The minimum absolute atomic E-state index is 0.336. The van der Waals surface area contributed by atoms with Crippen molar-refractivity contribution in [1.82, 2.24) is 5.32 Å². The predicted octanol–water partition coefficient (Wildman–Crippen LogP) is 2.12. The summed E-state index contributed by atoms with van der Waals surface area (Å²) >= 11 is 0. The van der Waals surface area contributed by atoms with Crippen LogP contribution in [0.5, 0.6) is 0 Å². The van der Waals surface area contributed by atoms with Crippen molar-refractivity contribution in [3.05, 3.63) is 83.4 Å². The lowest BCUT2D eigenvalue weighted by molar-refractivity contribution is -0.119. The Hall–Kier alpha value is -3.18. The maximum Gasteiger partial charge on any atom is 0.251 e. The first-order chi connectivity index (χ1) is 12.6. The standard InChI is InChI=1S/C21H21N3O2/c22-13-15-4-3-7-18(11-15)21(26)24-19(20(23)25)12-14-8-9-16-5-1-2-6-17(16)10-14/h1-11,19H,12-13,22H2,(H2,23,25)(H,24,26)/t19-/m0/s1. The van der Waals surface area contributed by atoms with Gasteiger partial charge in [0.05, 0.1) is 0 Å². The monoisotopic (exact) mass is 347 g/mol. The van der Waals surface area contributed by atoms with Crippen molar-refractivity contribution in [2.24, 2.45) is 11.5 Å². The lowest BCUT2D eigenvalue weighted by Crippen LogP contribution is -2.45. The molecule has 5 N–H and O–H groups in total. The summed E-state index contributed by atoms with van der Waals surface area (Å²) in [7, 11) is 0. The Morgan fingerprint density at radius 3 is 2.38 bits per heavy atom. The number of amides is 2. The molecule has 0 saturated heterocycles. The quantitative estimate of drug-likeness (QED) is 0.637. The highest BCUT2D eigenvalue weighted by Gasteiger charge is 2.19. The molecule has 0 unspecified atom stereocenters. The number of hydrogen-bond donors (Lipinski definition) is 3. The van der Waals surface area contributed by atoms with Gasteiger partial charge in [0.15, 0.2) is 0 Å². The second kappa shape index (κ2) is 7.80. The van der Waals surface area contributed by atoms with Gasteiger partial charge in [-0.15, -0.1) is 0 Å². The maximum absolute atomic E-state index is 12.5. The molecule has 26 heavy (non-hydrogen) atoms. The van der Waals surface area contributed by atoms with Crippen LogP contribution < -0.4 is 16.8 Å². The van der Waals surface area contributed by atoms with Crippen LogP contribution in [0.4, 0.5) is 0 Å². The molecule has 0 radical (unpaired) electrons. The minimum atomic E-state index is -0.787. The molecule has 5 nitrogen and oxygen atoms in total. The Morgan fingerprint density at radius 1 is 0.885 bits per heavy atom. The number of rotatable bonds is 6. The van der Waals surface area contributed by atoms with E-state index in [-0.39, 0.29) is 5.91 Å². The van der Waals surface area contributed by atoms with Gasteiger partial charge in [-0.1, -0.05) is 54.6 Å². The molecule has 0 aromatic heterocycles. The molecule has 3 rings (SSSR count). The van der Waals surface area contributed by atoms with Gasteiger partial charge in [0.2, 0.25) is 5.91 Å². The van der Waals surface area contributed by atoms with Crippen LogP contribution in [-0.4, -0.2) is 17.9 Å². The van der Waals surface area contributed by atoms with Crippen LogP contribution in [0.15, 0.2) is 66.7 Å². The first-order valence-electron chi connectivity index (χ1n) is 8.43. The summed E-state index contributed by atoms with van der Waals surface area (Å²) in [5.74, 6) is -0.911. The summed E-state index contributed by atoms with van der Waals surface area (Å²) in [5, 5.41) is 4.93. The number of benzene rings is 3. The zero-order valence-electron chi connectivity index (χ0n) is 14.3. The van der Waals surface area contributed by atoms with Gasteiger partial charge >= 0.3 is 0 Å². The van der Waals surface area contributed by atoms with Gasteiger partial charge in [0.1, 0.15) is 6.04 Å². The number of hydrogen-bond acceptors (Lipinski definition) is 3. The molecule has 5 heteroatoms. The van der Waals surface area contributed by atoms with Gasteiger partial charge < -0.3 is 16.8 Å². The molecule has 0 spiro atoms. The third-order valence-corrected chi connectivity index (χ3v) is 4.33. The van der Waals surface area contributed by atoms with Crippen LogP contribution in [0.3, 0.4) is 0 Å². The lowest BCUT2D eigenvalue weighted by Gasteiger charge is -2.16. The van der Waals surface area contributed by atoms with Gasteiger partial charge in [0.25, 0.3) is 5.91 Å². The average Bonchev–Trinajstić information content (AvgIpc) is 2.67. The lowest BCUT2D eigenvalue weighted by atomic mass is 10.0. The Morgan fingerprint density at radius 2 is 1.65 bits per heavy atom. The fourth-order valence-electron chi connectivity index (χ4n) is 2.91. The Labute approximate surface area is 152 Å². The van der Waals surface area contributed by atoms with Crippen molar-refractivity contribution in [2.45, 2.75) is 19.0 Å². The average molecular weight is 347 g/mol. The van der Waals surface area contributed by atoms with Crippen LogP contribution in [0.1, 0.15) is 21.5 Å². The fraction of sp³-hybridized carbons (Fsp3) is 0.143. The highest BCUT2D eigenvalue weighted by molar-refractivity contribution is 5.97. The van der Waals surface area contributed by atoms with Crippen molar-refractivity contribution in [2.75, 3.05) is 0 Å². The molecular weight excluding hydrogens is 326 g/mol. The molecule has 1 atom stereocenters. The molecule has 3 aromatic carbocycles. The van der Waals surface area contributed by atoms with E-state index in [0.717, 1.165) is 21.9 Å².